The van der Waals surface area contributed by atoms with Crippen molar-refractivity contribution < 1.29 is 49.4 Å². The molecule has 4 heterocycles. The Balaban J connectivity index is 0.000000616. The number of nitrogens with zero attached hydrogens (tertiary/aromatic N) is 6. The molecule has 3 aromatic heterocycles. The van der Waals surface area contributed by atoms with E-state index < -0.39 is 35.8 Å². The summed E-state index contributed by atoms with van der Waals surface area (Å²) in [6.07, 6.45) is -11.2. The number of carboxylic acids is 1. The normalized spacial score (nSPS) is 13.8. The van der Waals surface area contributed by atoms with Crippen LogP contribution in [-0.4, -0.2) is 64.4 Å². The van der Waals surface area contributed by atoms with Gasteiger partial charge in [-0.05, 0) is 30.7 Å². The Morgan fingerprint density at radius 1 is 0.929 bits per heavy atom. The highest BCUT2D eigenvalue weighted by molar-refractivity contribution is 5.73. The van der Waals surface area contributed by atoms with Gasteiger partial charge in [-0.25, -0.2) is 19.7 Å². The summed E-state index contributed by atoms with van der Waals surface area (Å²) >= 11 is 0. The van der Waals surface area contributed by atoms with Crippen molar-refractivity contribution >= 4 is 29.2 Å². The summed E-state index contributed by atoms with van der Waals surface area (Å²) in [6, 6.07) is 4.34. The quantitative estimate of drug-likeness (QED) is 0.378. The number of pyridine rings is 2. The SMILES string of the molecule is CN(C)c1nc2c(c(Nc3ccc(C(F)(F)F)nc3)n1)CCN(c1ncccc1C(F)(F)F)CC2.O=C(O)C(F)(F)F. The Kier molecular flexibility index (Phi) is 9.36. The van der Waals surface area contributed by atoms with Crippen LogP contribution >= 0.6 is 0 Å². The summed E-state index contributed by atoms with van der Waals surface area (Å²) < 4.78 is 111. The number of aromatic nitrogens is 4. The number of alkyl halides is 9. The van der Waals surface area contributed by atoms with Gasteiger partial charge < -0.3 is 20.2 Å². The first-order valence-electron chi connectivity index (χ1n) is 11.8. The third kappa shape index (κ3) is 8.10. The topological polar surface area (TPSA) is 107 Å². The zero-order chi connectivity index (χ0) is 31.5. The molecule has 1 aliphatic rings. The van der Waals surface area contributed by atoms with Gasteiger partial charge in [0.1, 0.15) is 17.3 Å². The van der Waals surface area contributed by atoms with Crippen LogP contribution in [0.4, 0.5) is 62.8 Å². The van der Waals surface area contributed by atoms with Gasteiger partial charge in [-0.15, -0.1) is 0 Å². The number of hydrogen-bond donors (Lipinski definition) is 2. The van der Waals surface area contributed by atoms with Crippen LogP contribution in [0, 0.1) is 0 Å². The van der Waals surface area contributed by atoms with E-state index in [1.807, 2.05) is 0 Å². The zero-order valence-electron chi connectivity index (χ0n) is 21.7. The fourth-order valence-electron chi connectivity index (χ4n) is 3.74. The molecule has 42 heavy (non-hydrogen) atoms. The number of carbonyl (C=O) groups is 1. The van der Waals surface area contributed by atoms with Crippen LogP contribution in [0.2, 0.25) is 0 Å². The number of hydrogen-bond acceptors (Lipinski definition) is 8. The number of aliphatic carboxylic acids is 1. The van der Waals surface area contributed by atoms with Crippen LogP contribution < -0.4 is 15.1 Å². The van der Waals surface area contributed by atoms with E-state index in [9.17, 15) is 39.5 Å². The number of anilines is 4. The number of carboxylic acid groups (broad SMARTS) is 1. The minimum Gasteiger partial charge on any atom is -0.475 e. The lowest BCUT2D eigenvalue weighted by atomic mass is 10.1. The molecule has 0 fully saturated rings. The Morgan fingerprint density at radius 2 is 1.57 bits per heavy atom. The Bertz CT molecular complexity index is 1390. The molecule has 18 heteroatoms. The van der Waals surface area contributed by atoms with E-state index in [2.05, 4.69) is 25.3 Å². The fourth-order valence-corrected chi connectivity index (χ4v) is 3.74. The summed E-state index contributed by atoms with van der Waals surface area (Å²) in [5.41, 5.74) is -0.250. The van der Waals surface area contributed by atoms with Crippen molar-refractivity contribution in [2.24, 2.45) is 0 Å². The van der Waals surface area contributed by atoms with E-state index >= 15 is 0 Å². The number of rotatable bonds is 4. The van der Waals surface area contributed by atoms with Crippen LogP contribution in [0.15, 0.2) is 36.7 Å². The highest BCUT2D eigenvalue weighted by Gasteiger charge is 2.38. The molecule has 3 aromatic rings. The molecule has 0 radical (unpaired) electrons. The second-order valence-electron chi connectivity index (χ2n) is 8.91. The molecule has 0 saturated carbocycles. The predicted molar refractivity (Wildman–Crippen MR) is 131 cm³/mol. The Labute approximate surface area is 232 Å². The lowest BCUT2D eigenvalue weighted by Crippen LogP contribution is -2.29. The first-order valence-corrected chi connectivity index (χ1v) is 11.8. The van der Waals surface area contributed by atoms with Crippen LogP contribution in [0.25, 0.3) is 0 Å². The molecule has 0 amide bonds. The van der Waals surface area contributed by atoms with E-state index in [1.165, 1.54) is 18.3 Å². The molecule has 2 N–H and O–H groups in total. The molecule has 0 aromatic carbocycles. The molecule has 1 aliphatic heterocycles. The third-order valence-corrected chi connectivity index (χ3v) is 5.68. The molecular formula is C24H22F9N7O2. The van der Waals surface area contributed by atoms with Crippen LogP contribution in [0.3, 0.4) is 0 Å². The predicted octanol–water partition coefficient (Wildman–Crippen LogP) is 5.35. The minimum absolute atomic E-state index is 0.157. The van der Waals surface area contributed by atoms with Gasteiger partial charge >= 0.3 is 24.5 Å². The second-order valence-corrected chi connectivity index (χ2v) is 8.91. The van der Waals surface area contributed by atoms with Crippen molar-refractivity contribution in [1.29, 1.82) is 0 Å². The van der Waals surface area contributed by atoms with E-state index in [1.54, 1.807) is 23.9 Å². The molecule has 9 nitrogen and oxygen atoms in total. The number of nitrogens with one attached hydrogen (secondary N) is 1. The maximum absolute atomic E-state index is 13.5. The molecule has 4 rings (SSSR count). The van der Waals surface area contributed by atoms with Crippen LogP contribution in [0.5, 0.6) is 0 Å². The number of halogens is 9. The summed E-state index contributed by atoms with van der Waals surface area (Å²) in [7, 11) is 3.47. The van der Waals surface area contributed by atoms with Crippen LogP contribution in [-0.2, 0) is 30.0 Å². The van der Waals surface area contributed by atoms with Crippen molar-refractivity contribution in [3.05, 3.63) is 59.2 Å². The van der Waals surface area contributed by atoms with E-state index in [-0.39, 0.29) is 24.6 Å². The zero-order valence-corrected chi connectivity index (χ0v) is 21.7. The second kappa shape index (κ2) is 12.2. The molecule has 0 saturated heterocycles. The summed E-state index contributed by atoms with van der Waals surface area (Å²) in [4.78, 5) is 28.6. The van der Waals surface area contributed by atoms with Crippen molar-refractivity contribution in [2.75, 3.05) is 42.3 Å². The molecule has 0 aliphatic carbocycles. The summed E-state index contributed by atoms with van der Waals surface area (Å²) in [5.74, 6) is -2.20. The third-order valence-electron chi connectivity index (χ3n) is 5.68. The van der Waals surface area contributed by atoms with Gasteiger partial charge in [0.2, 0.25) is 5.95 Å². The van der Waals surface area contributed by atoms with Crippen molar-refractivity contribution in [1.82, 2.24) is 19.9 Å². The number of fused-ring (bicyclic) bond motifs is 1. The first-order chi connectivity index (χ1) is 19.4. The van der Waals surface area contributed by atoms with Gasteiger partial charge in [0, 0.05) is 45.4 Å². The van der Waals surface area contributed by atoms with Crippen molar-refractivity contribution in [2.45, 2.75) is 31.4 Å². The molecule has 0 unspecified atom stereocenters. The lowest BCUT2D eigenvalue weighted by Gasteiger charge is -2.24. The van der Waals surface area contributed by atoms with Gasteiger partial charge in [-0.1, -0.05) is 0 Å². The van der Waals surface area contributed by atoms with Crippen LogP contribution in [0.1, 0.15) is 22.5 Å². The summed E-state index contributed by atoms with van der Waals surface area (Å²) in [6.45, 7) is 0.468. The molecular weight excluding hydrogens is 589 g/mol. The smallest absolute Gasteiger partial charge is 0.475 e. The van der Waals surface area contributed by atoms with Gasteiger partial charge in [0.15, 0.2) is 0 Å². The minimum atomic E-state index is -5.08. The molecule has 228 valence electrons. The molecule has 0 atom stereocenters. The van der Waals surface area contributed by atoms with Gasteiger partial charge in [0.25, 0.3) is 0 Å². The maximum Gasteiger partial charge on any atom is 0.490 e. The van der Waals surface area contributed by atoms with Crippen molar-refractivity contribution in [3.8, 4) is 0 Å². The largest absolute Gasteiger partial charge is 0.490 e. The average molecular weight is 611 g/mol. The standard InChI is InChI=1S/C22H21F6N7.C2HF3O2/c1-34(2)20-32-16-8-11-35(19-15(21(23,24)25)4-3-9-29-19)10-7-14(16)18(33-20)31-13-5-6-17(30-12-13)22(26,27)28;3-2(4,5)1(6)7/h3-6,9,12H,7-8,10-11H2,1-2H3,(H,31,32,33);(H,6,7). The van der Waals surface area contributed by atoms with E-state index in [0.29, 0.717) is 35.9 Å². The highest BCUT2D eigenvalue weighted by Crippen LogP contribution is 2.36. The van der Waals surface area contributed by atoms with Gasteiger partial charge in [0.05, 0.1) is 23.1 Å². The first kappa shape index (κ1) is 32.1. The molecule has 0 bridgehead atoms. The van der Waals surface area contributed by atoms with Crippen molar-refractivity contribution in [3.63, 3.8) is 0 Å². The molecule has 0 spiro atoms. The monoisotopic (exact) mass is 611 g/mol. The Hall–Kier alpha value is -4.38. The summed E-state index contributed by atoms with van der Waals surface area (Å²) in [5, 5.41) is 10.1. The van der Waals surface area contributed by atoms with E-state index in [0.717, 1.165) is 18.3 Å². The fraction of sp³-hybridized carbons (Fsp3) is 0.375. The van der Waals surface area contributed by atoms with Gasteiger partial charge in [-0.3, -0.25) is 0 Å². The Morgan fingerprint density at radius 3 is 2.10 bits per heavy atom. The van der Waals surface area contributed by atoms with Gasteiger partial charge in [-0.2, -0.15) is 44.5 Å². The lowest BCUT2D eigenvalue weighted by molar-refractivity contribution is -0.192. The maximum atomic E-state index is 13.5. The highest BCUT2D eigenvalue weighted by atomic mass is 19.4. The van der Waals surface area contributed by atoms with E-state index in [4.69, 9.17) is 9.90 Å². The average Bonchev–Trinajstić information content (AvgIpc) is 3.11.